The SMILES string of the molecule is CC/C=C\C/C=C\C/C=C\C/C=C\CCCCCCC(=O)OC(COCCCCCCCCCCCCCCCCCCCCC)COC1OC(CO)C(O)C(OS(=O)(=O)O)C1O. The highest BCUT2D eigenvalue weighted by Gasteiger charge is 2.48. The fraction of sp³-hybridized carbons (Fsp3) is 0.820. The van der Waals surface area contributed by atoms with Gasteiger partial charge < -0.3 is 34.3 Å². The van der Waals surface area contributed by atoms with Crippen molar-refractivity contribution in [3.8, 4) is 0 Å². The molecule has 1 fully saturated rings. The normalized spacial score (nSPS) is 20.3. The Kier molecular flexibility index (Phi) is 38.9. The van der Waals surface area contributed by atoms with Crippen molar-refractivity contribution in [2.75, 3.05) is 26.4 Å². The fourth-order valence-corrected chi connectivity index (χ4v) is 8.00. The van der Waals surface area contributed by atoms with Gasteiger partial charge in [0.25, 0.3) is 0 Å². The average molecular weight is 915 g/mol. The third-order valence-corrected chi connectivity index (χ3v) is 11.7. The predicted molar refractivity (Wildman–Crippen MR) is 253 cm³/mol. The van der Waals surface area contributed by atoms with Gasteiger partial charge in [-0.2, -0.15) is 8.42 Å². The van der Waals surface area contributed by atoms with Crippen LogP contribution in [0.25, 0.3) is 0 Å². The first-order chi connectivity index (χ1) is 30.6. The third-order valence-electron chi connectivity index (χ3n) is 11.2. The summed E-state index contributed by atoms with van der Waals surface area (Å²) >= 11 is 0. The van der Waals surface area contributed by atoms with E-state index in [4.69, 9.17) is 18.9 Å². The van der Waals surface area contributed by atoms with Gasteiger partial charge in [-0.3, -0.25) is 9.35 Å². The number of rotatable bonds is 43. The van der Waals surface area contributed by atoms with Gasteiger partial charge in [-0.25, -0.2) is 4.18 Å². The number of aliphatic hydroxyl groups excluding tert-OH is 3. The number of hydrogen-bond donors (Lipinski definition) is 4. The van der Waals surface area contributed by atoms with Crippen molar-refractivity contribution < 1.29 is 56.2 Å². The molecular weight excluding hydrogens is 825 g/mol. The smallest absolute Gasteiger partial charge is 0.397 e. The average Bonchev–Trinajstić information content (AvgIpc) is 3.26. The van der Waals surface area contributed by atoms with Crippen LogP contribution < -0.4 is 0 Å². The van der Waals surface area contributed by atoms with E-state index in [0.29, 0.717) is 13.0 Å². The molecule has 0 bridgehead atoms. The first-order valence-corrected chi connectivity index (χ1v) is 26.3. The number of carbonyl (C=O) groups excluding carboxylic acids is 1. The lowest BCUT2D eigenvalue weighted by Gasteiger charge is -2.41. The maximum absolute atomic E-state index is 12.9. The zero-order valence-corrected chi connectivity index (χ0v) is 40.2. The highest BCUT2D eigenvalue weighted by atomic mass is 32.3. The Morgan fingerprint density at radius 2 is 1.10 bits per heavy atom. The molecular formula is C50H90O12S. The highest BCUT2D eigenvalue weighted by molar-refractivity contribution is 7.80. The van der Waals surface area contributed by atoms with E-state index < -0.39 is 59.8 Å². The van der Waals surface area contributed by atoms with Crippen molar-refractivity contribution in [2.24, 2.45) is 0 Å². The van der Waals surface area contributed by atoms with Crippen molar-refractivity contribution in [1.29, 1.82) is 0 Å². The summed E-state index contributed by atoms with van der Waals surface area (Å²) in [6.07, 6.45) is 41.4. The lowest BCUT2D eigenvalue weighted by Crippen LogP contribution is -2.60. The molecule has 0 saturated carbocycles. The number of allylic oxidation sites excluding steroid dienone is 8. The summed E-state index contributed by atoms with van der Waals surface area (Å²) < 4.78 is 59.2. The number of aliphatic hydroxyl groups is 3. The first-order valence-electron chi connectivity index (χ1n) is 24.9. The maximum Gasteiger partial charge on any atom is 0.397 e. The molecule has 368 valence electrons. The molecule has 6 atom stereocenters. The summed E-state index contributed by atoms with van der Waals surface area (Å²) in [5, 5.41) is 30.7. The van der Waals surface area contributed by atoms with E-state index in [1.165, 1.54) is 103 Å². The van der Waals surface area contributed by atoms with Crippen molar-refractivity contribution >= 4 is 16.4 Å². The molecule has 0 spiro atoms. The van der Waals surface area contributed by atoms with Crippen LogP contribution in [0.4, 0.5) is 0 Å². The molecule has 0 aliphatic carbocycles. The van der Waals surface area contributed by atoms with Crippen LogP contribution in [-0.4, -0.2) is 97.5 Å². The maximum atomic E-state index is 12.9. The molecule has 0 radical (unpaired) electrons. The second-order valence-electron chi connectivity index (χ2n) is 17.0. The highest BCUT2D eigenvalue weighted by Crippen LogP contribution is 2.26. The Bertz CT molecular complexity index is 1290. The first kappa shape index (κ1) is 59.1. The number of esters is 1. The van der Waals surface area contributed by atoms with Crippen LogP contribution in [0.3, 0.4) is 0 Å². The molecule has 0 aromatic rings. The van der Waals surface area contributed by atoms with Crippen LogP contribution >= 0.6 is 0 Å². The van der Waals surface area contributed by atoms with Crippen LogP contribution in [0.15, 0.2) is 48.6 Å². The van der Waals surface area contributed by atoms with Gasteiger partial charge in [-0.05, 0) is 51.4 Å². The fourth-order valence-electron chi connectivity index (χ4n) is 7.49. The van der Waals surface area contributed by atoms with Crippen LogP contribution in [0.2, 0.25) is 0 Å². The number of carbonyl (C=O) groups is 1. The molecule has 6 unspecified atom stereocenters. The summed E-state index contributed by atoms with van der Waals surface area (Å²) in [5.74, 6) is -0.420. The molecule has 13 heteroatoms. The summed E-state index contributed by atoms with van der Waals surface area (Å²) in [5.41, 5.74) is 0. The van der Waals surface area contributed by atoms with Crippen LogP contribution in [0, 0.1) is 0 Å². The molecule has 1 heterocycles. The largest absolute Gasteiger partial charge is 0.457 e. The predicted octanol–water partition coefficient (Wildman–Crippen LogP) is 11.1. The van der Waals surface area contributed by atoms with Gasteiger partial charge in [0.15, 0.2) is 6.29 Å². The zero-order valence-electron chi connectivity index (χ0n) is 39.4. The molecule has 1 rings (SSSR count). The molecule has 0 aromatic carbocycles. The number of ether oxygens (including phenoxy) is 4. The van der Waals surface area contributed by atoms with E-state index in [2.05, 4.69) is 66.6 Å². The lowest BCUT2D eigenvalue weighted by atomic mass is 9.99. The van der Waals surface area contributed by atoms with E-state index in [9.17, 15) is 33.1 Å². The van der Waals surface area contributed by atoms with Gasteiger partial charge >= 0.3 is 16.4 Å². The summed E-state index contributed by atoms with van der Waals surface area (Å²) in [6.45, 7) is 3.87. The Morgan fingerprint density at radius 1 is 0.619 bits per heavy atom. The van der Waals surface area contributed by atoms with Crippen molar-refractivity contribution in [1.82, 2.24) is 0 Å². The molecule has 0 aromatic heterocycles. The van der Waals surface area contributed by atoms with Gasteiger partial charge in [-0.15, -0.1) is 0 Å². The minimum atomic E-state index is -5.07. The Morgan fingerprint density at radius 3 is 1.60 bits per heavy atom. The van der Waals surface area contributed by atoms with Crippen molar-refractivity contribution in [3.63, 3.8) is 0 Å². The molecule has 4 N–H and O–H groups in total. The summed E-state index contributed by atoms with van der Waals surface area (Å²) in [4.78, 5) is 12.9. The van der Waals surface area contributed by atoms with E-state index in [1.807, 2.05) is 0 Å². The van der Waals surface area contributed by atoms with Gasteiger partial charge in [0.2, 0.25) is 0 Å². The van der Waals surface area contributed by atoms with E-state index in [-0.39, 0.29) is 19.6 Å². The molecule has 1 aliphatic rings. The molecule has 12 nitrogen and oxygen atoms in total. The van der Waals surface area contributed by atoms with Gasteiger partial charge in [0.05, 0.1) is 19.8 Å². The molecule has 1 saturated heterocycles. The van der Waals surface area contributed by atoms with Gasteiger partial charge in [0, 0.05) is 13.0 Å². The second kappa shape index (κ2) is 41.5. The van der Waals surface area contributed by atoms with Crippen LogP contribution in [0.5, 0.6) is 0 Å². The molecule has 63 heavy (non-hydrogen) atoms. The monoisotopic (exact) mass is 915 g/mol. The zero-order chi connectivity index (χ0) is 46.1. The van der Waals surface area contributed by atoms with Gasteiger partial charge in [0.1, 0.15) is 30.5 Å². The topological polar surface area (TPSA) is 178 Å². The standard InChI is InChI=1S/C50H90O12S/c1-3-5-7-9-11-13-15-17-19-21-22-24-26-28-30-32-34-36-38-40-58-42-44(43-59-50-48(54)49(62-63(55,56)57)47(53)45(41-51)61-50)60-46(52)39-37-35-33-31-29-27-25-23-20-18-16-14-12-10-8-6-4-2/h6,8,12,14,18,20,25,27,44-45,47-51,53-54H,3-5,7,9-11,13,15-17,19,21-24,26,28-43H2,1-2H3,(H,55,56,57)/b8-6-,14-12-,20-18-,27-25-. The number of hydrogen-bond acceptors (Lipinski definition) is 11. The van der Waals surface area contributed by atoms with E-state index in [1.54, 1.807) is 0 Å². The Hall–Kier alpha value is -1.94. The van der Waals surface area contributed by atoms with Crippen LogP contribution in [-0.2, 0) is 38.3 Å². The molecule has 0 amide bonds. The number of unbranched alkanes of at least 4 members (excludes halogenated alkanes) is 22. The van der Waals surface area contributed by atoms with Crippen molar-refractivity contribution in [3.05, 3.63) is 48.6 Å². The Balaban J connectivity index is 2.39. The van der Waals surface area contributed by atoms with E-state index in [0.717, 1.165) is 70.6 Å². The molecule has 1 aliphatic heterocycles. The third kappa shape index (κ3) is 35.0. The Labute approximate surface area is 383 Å². The quantitative estimate of drug-likeness (QED) is 0.0197. The van der Waals surface area contributed by atoms with E-state index >= 15 is 0 Å². The minimum Gasteiger partial charge on any atom is -0.457 e. The van der Waals surface area contributed by atoms with Crippen molar-refractivity contribution in [2.45, 2.75) is 237 Å². The van der Waals surface area contributed by atoms with Crippen LogP contribution in [0.1, 0.15) is 200 Å². The second-order valence-corrected chi connectivity index (χ2v) is 18.1. The van der Waals surface area contributed by atoms with Gasteiger partial charge in [-0.1, -0.05) is 191 Å². The lowest BCUT2D eigenvalue weighted by molar-refractivity contribution is -0.301. The summed E-state index contributed by atoms with van der Waals surface area (Å²) in [6, 6.07) is 0. The minimum absolute atomic E-state index is 0.0273. The summed E-state index contributed by atoms with van der Waals surface area (Å²) in [7, 11) is -5.07.